The van der Waals surface area contributed by atoms with Crippen molar-refractivity contribution in [1.29, 1.82) is 5.26 Å². The molecular weight excluding hydrogens is 360 g/mol. The number of hydrogen-bond donors (Lipinski definition) is 2. The number of hydrogen-bond acceptors (Lipinski definition) is 6. The minimum Gasteiger partial charge on any atom is -0.464 e. The van der Waals surface area contributed by atoms with Gasteiger partial charge in [0.25, 0.3) is 0 Å². The summed E-state index contributed by atoms with van der Waals surface area (Å²) in [5, 5.41) is 11.9. The Morgan fingerprint density at radius 1 is 1.29 bits per heavy atom. The summed E-state index contributed by atoms with van der Waals surface area (Å²) in [5.74, 6) is -0.645. The van der Waals surface area contributed by atoms with Crippen molar-refractivity contribution in [3.8, 4) is 11.8 Å². The average Bonchev–Trinajstić information content (AvgIpc) is 2.94. The van der Waals surface area contributed by atoms with Crippen molar-refractivity contribution in [2.24, 2.45) is 0 Å². The first kappa shape index (κ1) is 20.8. The van der Waals surface area contributed by atoms with E-state index in [4.69, 9.17) is 15.2 Å². The predicted molar refractivity (Wildman–Crippen MR) is 104 cm³/mol. The van der Waals surface area contributed by atoms with Gasteiger partial charge in [0.05, 0.1) is 18.4 Å². The van der Waals surface area contributed by atoms with Gasteiger partial charge in [-0.15, -0.1) is 0 Å². The maximum atomic E-state index is 12.2. The largest absolute Gasteiger partial charge is 0.464 e. The molecule has 0 bridgehead atoms. The van der Waals surface area contributed by atoms with Crippen LogP contribution >= 0.6 is 0 Å². The monoisotopic (exact) mass is 384 g/mol. The van der Waals surface area contributed by atoms with Gasteiger partial charge in [-0.3, -0.25) is 0 Å². The highest BCUT2D eigenvalue weighted by atomic mass is 16.6. The number of anilines is 1. The first-order valence-electron chi connectivity index (χ1n) is 8.62. The Kier molecular flexibility index (Phi) is 5.99. The van der Waals surface area contributed by atoms with Crippen LogP contribution in [0.2, 0.25) is 0 Å². The van der Waals surface area contributed by atoms with Crippen LogP contribution in [0.25, 0.3) is 5.69 Å². The first-order chi connectivity index (χ1) is 13.1. The number of esters is 1. The van der Waals surface area contributed by atoms with Crippen LogP contribution < -0.4 is 11.1 Å². The van der Waals surface area contributed by atoms with E-state index in [2.05, 4.69) is 5.32 Å². The number of alkyl carbamates (subject to hydrolysis) is 1. The van der Waals surface area contributed by atoms with E-state index in [1.165, 1.54) is 17.9 Å². The van der Waals surface area contributed by atoms with Crippen LogP contribution in [-0.4, -0.2) is 29.3 Å². The second kappa shape index (κ2) is 8.05. The molecule has 0 saturated heterocycles. The smallest absolute Gasteiger partial charge is 0.407 e. The van der Waals surface area contributed by atoms with Crippen LogP contribution in [0.4, 0.5) is 10.5 Å². The Balaban J connectivity index is 2.38. The fraction of sp³-hybridized carbons (Fsp3) is 0.350. The fourth-order valence-electron chi connectivity index (χ4n) is 2.69. The SMILES string of the molecule is COC(=O)c1c(N)c(C#N)cn1-c1cc(C)cc(CNC(=O)OC(C)(C)C)c1. The number of methoxy groups -OCH3 is 1. The summed E-state index contributed by atoms with van der Waals surface area (Å²) >= 11 is 0. The lowest BCUT2D eigenvalue weighted by Gasteiger charge is -2.20. The zero-order valence-corrected chi connectivity index (χ0v) is 16.6. The molecule has 0 unspecified atom stereocenters. The van der Waals surface area contributed by atoms with Gasteiger partial charge in [0.1, 0.15) is 11.7 Å². The van der Waals surface area contributed by atoms with Crippen LogP contribution in [0, 0.1) is 18.3 Å². The number of nitrogen functional groups attached to an aromatic ring is 1. The van der Waals surface area contributed by atoms with Crippen LogP contribution in [-0.2, 0) is 16.0 Å². The van der Waals surface area contributed by atoms with Crippen molar-refractivity contribution in [1.82, 2.24) is 9.88 Å². The number of aromatic nitrogens is 1. The molecule has 3 N–H and O–H groups in total. The number of nitrogens with zero attached hydrogens (tertiary/aromatic N) is 2. The molecule has 0 aliphatic heterocycles. The number of nitrogens with one attached hydrogen (secondary N) is 1. The van der Waals surface area contributed by atoms with Crippen LogP contribution in [0.15, 0.2) is 24.4 Å². The molecule has 0 atom stereocenters. The van der Waals surface area contributed by atoms with Gasteiger partial charge >= 0.3 is 12.1 Å². The summed E-state index contributed by atoms with van der Waals surface area (Å²) in [6, 6.07) is 7.49. The normalized spacial score (nSPS) is 10.9. The average molecular weight is 384 g/mol. The van der Waals surface area contributed by atoms with E-state index in [-0.39, 0.29) is 23.5 Å². The third-order valence-electron chi connectivity index (χ3n) is 3.78. The molecule has 0 saturated carbocycles. The van der Waals surface area contributed by atoms with Crippen molar-refractivity contribution in [2.45, 2.75) is 39.8 Å². The molecule has 0 fully saturated rings. The highest BCUT2D eigenvalue weighted by molar-refractivity contribution is 5.96. The summed E-state index contributed by atoms with van der Waals surface area (Å²) < 4.78 is 11.6. The van der Waals surface area contributed by atoms with Gasteiger partial charge in [-0.2, -0.15) is 5.26 Å². The molecular formula is C20H24N4O4. The molecule has 0 aliphatic carbocycles. The fourth-order valence-corrected chi connectivity index (χ4v) is 2.69. The zero-order valence-electron chi connectivity index (χ0n) is 16.6. The molecule has 0 radical (unpaired) electrons. The maximum Gasteiger partial charge on any atom is 0.407 e. The highest BCUT2D eigenvalue weighted by Gasteiger charge is 2.22. The molecule has 1 heterocycles. The van der Waals surface area contributed by atoms with E-state index in [0.29, 0.717) is 5.69 Å². The van der Waals surface area contributed by atoms with E-state index in [1.54, 1.807) is 26.8 Å². The number of aryl methyl sites for hydroxylation is 1. The Morgan fingerprint density at radius 2 is 1.96 bits per heavy atom. The maximum absolute atomic E-state index is 12.2. The lowest BCUT2D eigenvalue weighted by atomic mass is 10.1. The van der Waals surface area contributed by atoms with Crippen molar-refractivity contribution in [2.75, 3.05) is 12.8 Å². The van der Waals surface area contributed by atoms with E-state index in [9.17, 15) is 14.9 Å². The Bertz CT molecular complexity index is 948. The van der Waals surface area contributed by atoms with Gasteiger partial charge in [0, 0.05) is 18.4 Å². The summed E-state index contributed by atoms with van der Waals surface area (Å²) in [4.78, 5) is 24.1. The lowest BCUT2D eigenvalue weighted by molar-refractivity contribution is 0.0522. The lowest BCUT2D eigenvalue weighted by Crippen LogP contribution is -2.32. The molecule has 148 valence electrons. The van der Waals surface area contributed by atoms with Gasteiger partial charge < -0.3 is 25.1 Å². The molecule has 0 aliphatic rings. The van der Waals surface area contributed by atoms with E-state index < -0.39 is 17.7 Å². The number of carbonyl (C=O) groups is 2. The number of ether oxygens (including phenoxy) is 2. The summed E-state index contributed by atoms with van der Waals surface area (Å²) in [7, 11) is 1.25. The Hall–Kier alpha value is -3.47. The van der Waals surface area contributed by atoms with Crippen LogP contribution in [0.1, 0.15) is 48.0 Å². The second-order valence-electron chi connectivity index (χ2n) is 7.31. The molecule has 0 spiro atoms. The predicted octanol–water partition coefficient (Wildman–Crippen LogP) is 3.05. The summed E-state index contributed by atoms with van der Waals surface area (Å²) in [5.41, 5.74) is 7.99. The summed E-state index contributed by atoms with van der Waals surface area (Å²) in [6.07, 6.45) is 0.962. The molecule has 28 heavy (non-hydrogen) atoms. The quantitative estimate of drug-likeness (QED) is 0.782. The molecule has 1 amide bonds. The Labute approximate surface area is 163 Å². The van der Waals surface area contributed by atoms with Gasteiger partial charge in [0.15, 0.2) is 5.69 Å². The van der Waals surface area contributed by atoms with Crippen LogP contribution in [0.5, 0.6) is 0 Å². The highest BCUT2D eigenvalue weighted by Crippen LogP contribution is 2.26. The molecule has 8 heteroatoms. The molecule has 2 rings (SSSR count). The minimum absolute atomic E-state index is 0.0595. The minimum atomic E-state index is -0.645. The number of nitriles is 1. The van der Waals surface area contributed by atoms with Crippen LogP contribution in [0.3, 0.4) is 0 Å². The molecule has 1 aromatic carbocycles. The standard InChI is InChI=1S/C20H24N4O4/c1-12-6-13(10-23-19(26)28-20(2,3)4)8-15(7-12)24-11-14(9-21)16(22)17(24)18(25)27-5/h6-8,11H,10,22H2,1-5H3,(H,23,26). The summed E-state index contributed by atoms with van der Waals surface area (Å²) in [6.45, 7) is 7.48. The van der Waals surface area contributed by atoms with E-state index in [0.717, 1.165) is 11.1 Å². The van der Waals surface area contributed by atoms with Crippen molar-refractivity contribution in [3.05, 3.63) is 46.8 Å². The second-order valence-corrected chi connectivity index (χ2v) is 7.31. The number of carbonyl (C=O) groups excluding carboxylic acids is 2. The first-order valence-corrected chi connectivity index (χ1v) is 8.62. The third kappa shape index (κ3) is 4.82. The number of benzene rings is 1. The topological polar surface area (TPSA) is 119 Å². The number of amides is 1. The number of nitrogens with two attached hydrogens (primary N) is 1. The van der Waals surface area contributed by atoms with Gasteiger partial charge in [-0.25, -0.2) is 9.59 Å². The number of rotatable bonds is 4. The van der Waals surface area contributed by atoms with E-state index >= 15 is 0 Å². The van der Waals surface area contributed by atoms with Crippen molar-refractivity contribution >= 4 is 17.7 Å². The molecule has 2 aromatic rings. The Morgan fingerprint density at radius 3 is 2.54 bits per heavy atom. The van der Waals surface area contributed by atoms with Gasteiger partial charge in [0.2, 0.25) is 0 Å². The van der Waals surface area contributed by atoms with Gasteiger partial charge in [-0.1, -0.05) is 6.07 Å². The third-order valence-corrected chi connectivity index (χ3v) is 3.78. The van der Waals surface area contributed by atoms with Crippen molar-refractivity contribution < 1.29 is 19.1 Å². The van der Waals surface area contributed by atoms with Crippen molar-refractivity contribution in [3.63, 3.8) is 0 Å². The van der Waals surface area contributed by atoms with Gasteiger partial charge in [-0.05, 0) is 51.0 Å². The van der Waals surface area contributed by atoms with E-state index in [1.807, 2.05) is 25.1 Å². The molecule has 1 aromatic heterocycles. The zero-order chi connectivity index (χ0) is 21.1. The molecule has 8 nitrogen and oxygen atoms in total.